The van der Waals surface area contributed by atoms with Crippen molar-refractivity contribution in [2.45, 2.75) is 12.8 Å². The van der Waals surface area contributed by atoms with Gasteiger partial charge >= 0.3 is 0 Å². The summed E-state index contributed by atoms with van der Waals surface area (Å²) in [4.78, 5) is 14.7. The summed E-state index contributed by atoms with van der Waals surface area (Å²) in [5.74, 6) is 0.981. The number of benzene rings is 1. The third-order valence-corrected chi connectivity index (χ3v) is 4.41. The summed E-state index contributed by atoms with van der Waals surface area (Å²) in [7, 11) is 0. The summed E-state index contributed by atoms with van der Waals surface area (Å²) in [6.07, 6.45) is 1.79. The van der Waals surface area contributed by atoms with E-state index in [9.17, 15) is 4.79 Å². The van der Waals surface area contributed by atoms with Gasteiger partial charge in [0.2, 0.25) is 5.91 Å². The molecule has 0 aliphatic carbocycles. The summed E-state index contributed by atoms with van der Waals surface area (Å²) >= 11 is 0. The molecule has 1 fully saturated rings. The molecule has 2 heterocycles. The average Bonchev–Trinajstić information content (AvgIpc) is 2.59. The Hall–Kier alpha value is -1.30. The molecule has 1 saturated heterocycles. The number of para-hydroxylation sites is 1. The molecule has 1 atom stereocenters. The normalized spacial score (nSPS) is 20.8. The fourth-order valence-corrected chi connectivity index (χ4v) is 3.09. The van der Waals surface area contributed by atoms with Gasteiger partial charge in [-0.2, -0.15) is 0 Å². The van der Waals surface area contributed by atoms with Gasteiger partial charge in [-0.1, -0.05) is 18.2 Å². The molecule has 2 aliphatic heterocycles. The first-order valence-electron chi connectivity index (χ1n) is 8.24. The number of rotatable bonds is 5. The molecule has 1 aromatic rings. The van der Waals surface area contributed by atoms with Gasteiger partial charge in [0.05, 0.1) is 5.92 Å². The minimum atomic E-state index is -0.0610. The largest absolute Gasteiger partial charge is 0.492 e. The van der Waals surface area contributed by atoms with E-state index in [4.69, 9.17) is 4.74 Å². The van der Waals surface area contributed by atoms with Gasteiger partial charge in [-0.15, -0.1) is 12.4 Å². The van der Waals surface area contributed by atoms with Crippen molar-refractivity contribution in [2.75, 3.05) is 45.9 Å². The van der Waals surface area contributed by atoms with Gasteiger partial charge in [0.1, 0.15) is 12.4 Å². The predicted molar refractivity (Wildman–Crippen MR) is 93.3 cm³/mol. The van der Waals surface area contributed by atoms with Gasteiger partial charge < -0.3 is 20.3 Å². The third-order valence-electron chi connectivity index (χ3n) is 4.41. The van der Waals surface area contributed by atoms with Gasteiger partial charge in [0.25, 0.3) is 0 Å². The Morgan fingerprint density at radius 3 is 2.91 bits per heavy atom. The van der Waals surface area contributed by atoms with Crippen LogP contribution in [-0.4, -0.2) is 56.7 Å². The van der Waals surface area contributed by atoms with Crippen molar-refractivity contribution in [2.24, 2.45) is 5.92 Å². The van der Waals surface area contributed by atoms with E-state index in [1.54, 1.807) is 0 Å². The van der Waals surface area contributed by atoms with Crippen LogP contribution in [0.2, 0.25) is 0 Å². The lowest BCUT2D eigenvalue weighted by Gasteiger charge is -2.27. The molecular formula is C17H26ClN3O2. The van der Waals surface area contributed by atoms with Crippen LogP contribution in [0.1, 0.15) is 12.0 Å². The highest BCUT2D eigenvalue weighted by molar-refractivity contribution is 5.85. The Labute approximate surface area is 144 Å². The average molecular weight is 340 g/mol. The van der Waals surface area contributed by atoms with Gasteiger partial charge in [-0.25, -0.2) is 0 Å². The Morgan fingerprint density at radius 2 is 2.09 bits per heavy atom. The Morgan fingerprint density at radius 1 is 1.30 bits per heavy atom. The second kappa shape index (κ2) is 9.11. The molecular weight excluding hydrogens is 314 g/mol. The number of ether oxygens (including phenoxy) is 1. The number of nitrogens with zero attached hydrogens (tertiary/aromatic N) is 1. The van der Waals surface area contributed by atoms with Crippen molar-refractivity contribution in [3.63, 3.8) is 0 Å². The number of carbonyl (C=O) groups is 1. The lowest BCUT2D eigenvalue weighted by Crippen LogP contribution is -2.44. The lowest BCUT2D eigenvalue weighted by molar-refractivity contribution is -0.126. The molecule has 2 N–H and O–H groups in total. The number of piperazine rings is 1. The van der Waals surface area contributed by atoms with E-state index in [-0.39, 0.29) is 24.2 Å². The van der Waals surface area contributed by atoms with Gasteiger partial charge in [-0.05, 0) is 31.0 Å². The molecule has 0 aromatic heterocycles. The first kappa shape index (κ1) is 18.0. The SMILES string of the molecule is Cl.O=C(NCCCN1CCNCC1)C1COc2ccccc2C1. The molecule has 128 valence electrons. The van der Waals surface area contributed by atoms with Gasteiger partial charge in [-0.3, -0.25) is 4.79 Å². The van der Waals surface area contributed by atoms with Crippen LogP contribution in [0.3, 0.4) is 0 Å². The number of hydrogen-bond acceptors (Lipinski definition) is 4. The second-order valence-electron chi connectivity index (χ2n) is 6.06. The maximum absolute atomic E-state index is 12.2. The van der Waals surface area contributed by atoms with E-state index < -0.39 is 0 Å². The maximum Gasteiger partial charge on any atom is 0.226 e. The molecule has 0 bridgehead atoms. The third kappa shape index (κ3) is 5.09. The molecule has 0 spiro atoms. The fraction of sp³-hybridized carbons (Fsp3) is 0.588. The van der Waals surface area contributed by atoms with Crippen molar-refractivity contribution in [3.05, 3.63) is 29.8 Å². The number of hydrogen-bond donors (Lipinski definition) is 2. The molecule has 3 rings (SSSR count). The number of nitrogens with one attached hydrogen (secondary N) is 2. The fourth-order valence-electron chi connectivity index (χ4n) is 3.09. The minimum absolute atomic E-state index is 0. The van der Waals surface area contributed by atoms with Gasteiger partial charge in [0, 0.05) is 32.7 Å². The number of fused-ring (bicyclic) bond motifs is 1. The van der Waals surface area contributed by atoms with Crippen molar-refractivity contribution >= 4 is 18.3 Å². The zero-order valence-electron chi connectivity index (χ0n) is 13.4. The topological polar surface area (TPSA) is 53.6 Å². The maximum atomic E-state index is 12.2. The van der Waals surface area contributed by atoms with E-state index in [2.05, 4.69) is 15.5 Å². The van der Waals surface area contributed by atoms with Crippen LogP contribution in [-0.2, 0) is 11.2 Å². The van der Waals surface area contributed by atoms with Crippen LogP contribution in [0.4, 0.5) is 0 Å². The van der Waals surface area contributed by atoms with E-state index in [0.29, 0.717) is 6.61 Å². The van der Waals surface area contributed by atoms with E-state index >= 15 is 0 Å². The zero-order chi connectivity index (χ0) is 15.2. The highest BCUT2D eigenvalue weighted by Crippen LogP contribution is 2.26. The van der Waals surface area contributed by atoms with Crippen LogP contribution in [0.25, 0.3) is 0 Å². The zero-order valence-corrected chi connectivity index (χ0v) is 14.2. The van der Waals surface area contributed by atoms with E-state index in [1.165, 1.54) is 0 Å². The summed E-state index contributed by atoms with van der Waals surface area (Å²) in [5.41, 5.74) is 1.13. The molecule has 2 aliphatic rings. The molecule has 0 saturated carbocycles. The number of halogens is 1. The van der Waals surface area contributed by atoms with Crippen molar-refractivity contribution in [1.82, 2.24) is 15.5 Å². The highest BCUT2D eigenvalue weighted by Gasteiger charge is 2.25. The molecule has 23 heavy (non-hydrogen) atoms. The summed E-state index contributed by atoms with van der Waals surface area (Å²) in [5, 5.41) is 6.41. The first-order chi connectivity index (χ1) is 10.8. The Balaban J connectivity index is 0.00000192. The highest BCUT2D eigenvalue weighted by atomic mass is 35.5. The first-order valence-corrected chi connectivity index (χ1v) is 8.24. The van der Waals surface area contributed by atoms with Crippen molar-refractivity contribution in [1.29, 1.82) is 0 Å². The second-order valence-corrected chi connectivity index (χ2v) is 6.06. The van der Waals surface area contributed by atoms with E-state index in [0.717, 1.165) is 63.4 Å². The van der Waals surface area contributed by atoms with Crippen LogP contribution in [0.5, 0.6) is 5.75 Å². The quantitative estimate of drug-likeness (QED) is 0.788. The smallest absolute Gasteiger partial charge is 0.226 e. The minimum Gasteiger partial charge on any atom is -0.492 e. The van der Waals surface area contributed by atoms with Crippen LogP contribution < -0.4 is 15.4 Å². The molecule has 6 heteroatoms. The molecule has 1 aromatic carbocycles. The van der Waals surface area contributed by atoms with Crippen molar-refractivity contribution in [3.8, 4) is 5.75 Å². The molecule has 1 unspecified atom stereocenters. The van der Waals surface area contributed by atoms with Crippen LogP contribution >= 0.6 is 12.4 Å². The van der Waals surface area contributed by atoms with E-state index in [1.807, 2.05) is 24.3 Å². The van der Waals surface area contributed by atoms with Gasteiger partial charge in [0.15, 0.2) is 0 Å². The molecule has 0 radical (unpaired) electrons. The van der Waals surface area contributed by atoms with Crippen LogP contribution in [0, 0.1) is 5.92 Å². The standard InChI is InChI=1S/C17H25N3O2.ClH/c21-17(19-6-3-9-20-10-7-18-8-11-20)15-12-14-4-1-2-5-16(14)22-13-15;/h1-2,4-5,15,18H,3,6-13H2,(H,19,21);1H. The van der Waals surface area contributed by atoms with Crippen molar-refractivity contribution < 1.29 is 9.53 Å². The Bertz CT molecular complexity index is 506. The summed E-state index contributed by atoms with van der Waals surface area (Å²) in [6.45, 7) is 6.67. The lowest BCUT2D eigenvalue weighted by atomic mass is 9.96. The predicted octanol–water partition coefficient (Wildman–Crippen LogP) is 1.07. The number of amides is 1. The number of carbonyl (C=O) groups excluding carboxylic acids is 1. The molecule has 5 nitrogen and oxygen atoms in total. The van der Waals surface area contributed by atoms with Crippen LogP contribution in [0.15, 0.2) is 24.3 Å². The Kier molecular flexibility index (Phi) is 7.15. The summed E-state index contributed by atoms with van der Waals surface area (Å²) < 4.78 is 5.68. The summed E-state index contributed by atoms with van der Waals surface area (Å²) in [6, 6.07) is 7.97. The molecule has 1 amide bonds. The monoisotopic (exact) mass is 339 g/mol.